The quantitative estimate of drug-likeness (QED) is 0.938. The van der Waals surface area contributed by atoms with Gasteiger partial charge in [0.2, 0.25) is 0 Å². The summed E-state index contributed by atoms with van der Waals surface area (Å²) in [6.45, 7) is 1.96. The van der Waals surface area contributed by atoms with Crippen molar-refractivity contribution in [2.75, 3.05) is 0 Å². The van der Waals surface area contributed by atoms with E-state index >= 15 is 0 Å². The van der Waals surface area contributed by atoms with E-state index in [0.717, 1.165) is 24.0 Å². The van der Waals surface area contributed by atoms with Gasteiger partial charge in [-0.3, -0.25) is 9.67 Å². The van der Waals surface area contributed by atoms with Crippen LogP contribution < -0.4 is 0 Å². The van der Waals surface area contributed by atoms with E-state index in [1.54, 1.807) is 11.7 Å². The summed E-state index contributed by atoms with van der Waals surface area (Å²) in [5, 5.41) is 15.0. The number of hydrogen-bond acceptors (Lipinski definition) is 3. The van der Waals surface area contributed by atoms with Gasteiger partial charge in [0, 0.05) is 25.2 Å². The van der Waals surface area contributed by atoms with Gasteiger partial charge in [-0.15, -0.1) is 0 Å². The van der Waals surface area contributed by atoms with Crippen molar-refractivity contribution in [2.45, 2.75) is 25.9 Å². The van der Waals surface area contributed by atoms with Crippen LogP contribution in [0, 0.1) is 5.82 Å². The Morgan fingerprint density at radius 3 is 2.79 bits per heavy atom. The third-order valence-corrected chi connectivity index (χ3v) is 3.44. The van der Waals surface area contributed by atoms with E-state index in [9.17, 15) is 9.50 Å². The predicted octanol–water partition coefficient (Wildman–Crippen LogP) is 2.45. The van der Waals surface area contributed by atoms with Crippen LogP contribution in [0.25, 0.3) is 0 Å². The van der Waals surface area contributed by atoms with Crippen molar-refractivity contribution in [3.63, 3.8) is 0 Å². The number of nitrogens with zero attached hydrogens (tertiary/aromatic N) is 3. The average molecular weight is 284 g/mol. The number of halogens is 2. The zero-order valence-electron chi connectivity index (χ0n) is 10.8. The van der Waals surface area contributed by atoms with Crippen molar-refractivity contribution in [3.8, 4) is 0 Å². The lowest BCUT2D eigenvalue weighted by atomic mass is 10.1. The first-order valence-electron chi connectivity index (χ1n) is 6.01. The smallest absolute Gasteiger partial charge is 0.141 e. The van der Waals surface area contributed by atoms with Crippen LogP contribution in [0.5, 0.6) is 0 Å². The van der Waals surface area contributed by atoms with Gasteiger partial charge in [-0.25, -0.2) is 4.39 Å². The van der Waals surface area contributed by atoms with Crippen LogP contribution in [0.1, 0.15) is 30.0 Å². The summed E-state index contributed by atoms with van der Waals surface area (Å²) in [6.07, 6.45) is 2.68. The highest BCUT2D eigenvalue weighted by molar-refractivity contribution is 6.31. The molecule has 0 aromatic carbocycles. The molecule has 0 amide bonds. The number of aliphatic hydroxyl groups is 1. The van der Waals surface area contributed by atoms with Gasteiger partial charge in [0.1, 0.15) is 5.82 Å². The Balaban J connectivity index is 2.24. The van der Waals surface area contributed by atoms with Gasteiger partial charge in [-0.05, 0) is 12.5 Å². The molecule has 2 aromatic rings. The zero-order valence-corrected chi connectivity index (χ0v) is 11.5. The van der Waals surface area contributed by atoms with Crippen molar-refractivity contribution in [1.82, 2.24) is 14.8 Å². The highest BCUT2D eigenvalue weighted by Crippen LogP contribution is 2.26. The Bertz CT molecular complexity index is 585. The first-order chi connectivity index (χ1) is 9.02. The molecule has 0 spiro atoms. The lowest BCUT2D eigenvalue weighted by Gasteiger charge is -2.11. The van der Waals surface area contributed by atoms with Gasteiger partial charge in [0.05, 0.1) is 28.7 Å². The lowest BCUT2D eigenvalue weighted by molar-refractivity contribution is 0.175. The van der Waals surface area contributed by atoms with E-state index in [1.807, 2.05) is 6.92 Å². The fraction of sp³-hybridized carbons (Fsp3) is 0.385. The number of aromatic nitrogens is 3. The van der Waals surface area contributed by atoms with Crippen LogP contribution in [0.4, 0.5) is 4.39 Å². The fourth-order valence-electron chi connectivity index (χ4n) is 1.95. The summed E-state index contributed by atoms with van der Waals surface area (Å²) >= 11 is 6.21. The molecule has 1 atom stereocenters. The second kappa shape index (κ2) is 5.67. The molecule has 2 rings (SSSR count). The summed E-state index contributed by atoms with van der Waals surface area (Å²) in [4.78, 5) is 3.72. The molecular weight excluding hydrogens is 269 g/mol. The first kappa shape index (κ1) is 14.0. The van der Waals surface area contributed by atoms with E-state index < -0.39 is 11.9 Å². The van der Waals surface area contributed by atoms with E-state index in [4.69, 9.17) is 11.6 Å². The standard InChI is InChI=1S/C13H15ClFN3O/c1-3-10-13(14)11(18(2)17-10)5-12(19)8-4-9(15)7-16-6-8/h4,6-7,12,19H,3,5H2,1-2H3. The van der Waals surface area contributed by atoms with Gasteiger partial charge in [0.25, 0.3) is 0 Å². The van der Waals surface area contributed by atoms with E-state index in [-0.39, 0.29) is 6.42 Å². The predicted molar refractivity (Wildman–Crippen MR) is 70.5 cm³/mol. The van der Waals surface area contributed by atoms with Crippen LogP contribution in [0.3, 0.4) is 0 Å². The molecule has 0 fully saturated rings. The van der Waals surface area contributed by atoms with Crippen molar-refractivity contribution in [3.05, 3.63) is 46.3 Å². The van der Waals surface area contributed by atoms with Gasteiger partial charge >= 0.3 is 0 Å². The molecule has 0 radical (unpaired) electrons. The minimum Gasteiger partial charge on any atom is -0.388 e. The van der Waals surface area contributed by atoms with Crippen LogP contribution >= 0.6 is 11.6 Å². The summed E-state index contributed by atoms with van der Waals surface area (Å²) in [5.41, 5.74) is 1.95. The molecule has 2 heterocycles. The maximum Gasteiger partial charge on any atom is 0.141 e. The summed E-state index contributed by atoms with van der Waals surface area (Å²) in [6, 6.07) is 1.27. The zero-order chi connectivity index (χ0) is 14.0. The second-order valence-corrected chi connectivity index (χ2v) is 4.72. The van der Waals surface area contributed by atoms with Crippen LogP contribution in [-0.4, -0.2) is 19.9 Å². The molecule has 0 saturated carbocycles. The summed E-state index contributed by atoms with van der Waals surface area (Å²) in [5.74, 6) is -0.470. The third kappa shape index (κ3) is 2.93. The SMILES string of the molecule is CCc1nn(C)c(CC(O)c2cncc(F)c2)c1Cl. The first-order valence-corrected chi connectivity index (χ1v) is 6.39. The molecule has 1 N–H and O–H groups in total. The monoisotopic (exact) mass is 283 g/mol. The van der Waals surface area contributed by atoms with Crippen molar-refractivity contribution < 1.29 is 9.50 Å². The van der Waals surface area contributed by atoms with Crippen molar-refractivity contribution in [1.29, 1.82) is 0 Å². The molecule has 102 valence electrons. The lowest BCUT2D eigenvalue weighted by Crippen LogP contribution is -2.07. The van der Waals surface area contributed by atoms with Gasteiger partial charge in [0.15, 0.2) is 0 Å². The largest absolute Gasteiger partial charge is 0.388 e. The molecule has 0 aliphatic carbocycles. The van der Waals surface area contributed by atoms with Crippen molar-refractivity contribution >= 4 is 11.6 Å². The van der Waals surface area contributed by atoms with E-state index in [2.05, 4.69) is 10.1 Å². The van der Waals surface area contributed by atoms with E-state index in [1.165, 1.54) is 12.3 Å². The molecule has 1 unspecified atom stereocenters. The molecule has 0 aliphatic rings. The Hall–Kier alpha value is -1.46. The fourth-order valence-corrected chi connectivity index (χ4v) is 2.32. The van der Waals surface area contributed by atoms with E-state index in [0.29, 0.717) is 10.6 Å². The van der Waals surface area contributed by atoms with Crippen molar-refractivity contribution in [2.24, 2.45) is 7.05 Å². The maximum absolute atomic E-state index is 13.1. The Morgan fingerprint density at radius 2 is 2.21 bits per heavy atom. The minimum atomic E-state index is -0.860. The third-order valence-electron chi connectivity index (χ3n) is 3.00. The molecule has 19 heavy (non-hydrogen) atoms. The number of pyridine rings is 1. The summed E-state index contributed by atoms with van der Waals surface area (Å²) in [7, 11) is 1.77. The Morgan fingerprint density at radius 1 is 1.47 bits per heavy atom. The highest BCUT2D eigenvalue weighted by atomic mass is 35.5. The minimum absolute atomic E-state index is 0.271. The molecule has 6 heteroatoms. The van der Waals surface area contributed by atoms with Crippen LogP contribution in [0.15, 0.2) is 18.5 Å². The molecule has 0 bridgehead atoms. The molecule has 4 nitrogen and oxygen atoms in total. The Labute approximate surface area is 115 Å². The number of rotatable bonds is 4. The normalized spacial score (nSPS) is 12.7. The van der Waals surface area contributed by atoms with Crippen LogP contribution in [-0.2, 0) is 19.9 Å². The van der Waals surface area contributed by atoms with Gasteiger partial charge < -0.3 is 5.11 Å². The topological polar surface area (TPSA) is 50.9 Å². The average Bonchev–Trinajstić information content (AvgIpc) is 2.66. The Kier molecular flexibility index (Phi) is 4.17. The molecular formula is C13H15ClFN3O. The maximum atomic E-state index is 13.1. The summed E-state index contributed by atoms with van der Waals surface area (Å²) < 4.78 is 14.7. The van der Waals surface area contributed by atoms with Gasteiger partial charge in [-0.1, -0.05) is 18.5 Å². The van der Waals surface area contributed by atoms with Gasteiger partial charge in [-0.2, -0.15) is 5.10 Å². The second-order valence-electron chi connectivity index (χ2n) is 4.34. The molecule has 2 aromatic heterocycles. The molecule has 0 aliphatic heterocycles. The number of hydrogen-bond donors (Lipinski definition) is 1. The number of aryl methyl sites for hydroxylation is 2. The number of aliphatic hydroxyl groups excluding tert-OH is 1. The highest BCUT2D eigenvalue weighted by Gasteiger charge is 2.18. The molecule has 0 saturated heterocycles. The van der Waals surface area contributed by atoms with Crippen LogP contribution in [0.2, 0.25) is 5.02 Å².